The van der Waals surface area contributed by atoms with Crippen LogP contribution in [-0.4, -0.2) is 30.9 Å². The number of aromatic nitrogens is 4. The predicted octanol–water partition coefficient (Wildman–Crippen LogP) is 4.14. The number of halogens is 1. The number of amides is 1. The van der Waals surface area contributed by atoms with E-state index in [2.05, 4.69) is 20.4 Å². The standard InChI is InChI=1S/C22H20FN5OS/c1-2-19(21(29)24-12-15-6-4-3-5-7-15)30-22-18-13-27-28(20(18)25-14-26-22)17-10-8-16(23)9-11-17/h3-11,13-14,19H,2,12H2,1H3,(H,24,29). The average molecular weight is 422 g/mol. The molecular weight excluding hydrogens is 401 g/mol. The summed E-state index contributed by atoms with van der Waals surface area (Å²) < 4.78 is 14.9. The third-order valence-corrected chi connectivity index (χ3v) is 6.01. The zero-order valence-corrected chi connectivity index (χ0v) is 17.1. The number of nitrogens with zero attached hydrogens (tertiary/aromatic N) is 4. The first-order chi connectivity index (χ1) is 14.7. The van der Waals surface area contributed by atoms with Crippen molar-refractivity contribution >= 4 is 28.7 Å². The Morgan fingerprint density at radius 1 is 1.13 bits per heavy atom. The molecule has 1 N–H and O–H groups in total. The van der Waals surface area contributed by atoms with Crippen LogP contribution >= 0.6 is 11.8 Å². The molecule has 0 saturated heterocycles. The third kappa shape index (κ3) is 4.33. The average Bonchev–Trinajstić information content (AvgIpc) is 3.22. The number of nitrogens with one attached hydrogen (secondary N) is 1. The normalized spacial score (nSPS) is 12.1. The first-order valence-corrected chi connectivity index (χ1v) is 10.5. The quantitative estimate of drug-likeness (QED) is 0.359. The van der Waals surface area contributed by atoms with E-state index in [4.69, 9.17) is 0 Å². The van der Waals surface area contributed by atoms with Gasteiger partial charge in [0.2, 0.25) is 5.91 Å². The van der Waals surface area contributed by atoms with Crippen LogP contribution < -0.4 is 5.32 Å². The highest BCUT2D eigenvalue weighted by Gasteiger charge is 2.21. The summed E-state index contributed by atoms with van der Waals surface area (Å²) in [6.45, 7) is 2.46. The van der Waals surface area contributed by atoms with E-state index in [1.54, 1.807) is 23.0 Å². The highest BCUT2D eigenvalue weighted by molar-refractivity contribution is 8.00. The van der Waals surface area contributed by atoms with Crippen LogP contribution in [0.25, 0.3) is 16.7 Å². The van der Waals surface area contributed by atoms with E-state index in [9.17, 15) is 9.18 Å². The number of rotatable bonds is 7. The summed E-state index contributed by atoms with van der Waals surface area (Å²) in [7, 11) is 0. The third-order valence-electron chi connectivity index (χ3n) is 4.63. The largest absolute Gasteiger partial charge is 0.351 e. The zero-order valence-electron chi connectivity index (χ0n) is 16.3. The molecule has 30 heavy (non-hydrogen) atoms. The molecule has 6 nitrogen and oxygen atoms in total. The Hall–Kier alpha value is -3.26. The van der Waals surface area contributed by atoms with Gasteiger partial charge >= 0.3 is 0 Å². The molecule has 0 bridgehead atoms. The number of fused-ring (bicyclic) bond motifs is 1. The number of carbonyl (C=O) groups is 1. The summed E-state index contributed by atoms with van der Waals surface area (Å²) in [4.78, 5) is 21.4. The van der Waals surface area contributed by atoms with Crippen molar-refractivity contribution in [3.63, 3.8) is 0 Å². The van der Waals surface area contributed by atoms with Crippen molar-refractivity contribution in [3.05, 3.63) is 78.5 Å². The van der Waals surface area contributed by atoms with Crippen LogP contribution in [0.15, 0.2) is 72.1 Å². The Morgan fingerprint density at radius 3 is 2.63 bits per heavy atom. The van der Waals surface area contributed by atoms with E-state index in [0.717, 1.165) is 10.9 Å². The molecule has 4 aromatic rings. The van der Waals surface area contributed by atoms with E-state index in [0.29, 0.717) is 29.3 Å². The maximum atomic E-state index is 13.2. The number of carbonyl (C=O) groups excluding carboxylic acids is 1. The molecule has 1 unspecified atom stereocenters. The van der Waals surface area contributed by atoms with Crippen molar-refractivity contribution in [2.45, 2.75) is 30.2 Å². The lowest BCUT2D eigenvalue weighted by molar-refractivity contribution is -0.120. The number of thioether (sulfide) groups is 1. The van der Waals surface area contributed by atoms with Crippen LogP contribution in [0.3, 0.4) is 0 Å². The van der Waals surface area contributed by atoms with Gasteiger partial charge in [0, 0.05) is 6.54 Å². The Morgan fingerprint density at radius 2 is 1.90 bits per heavy atom. The van der Waals surface area contributed by atoms with Crippen molar-refractivity contribution in [1.82, 2.24) is 25.1 Å². The van der Waals surface area contributed by atoms with Crippen molar-refractivity contribution < 1.29 is 9.18 Å². The molecule has 0 fully saturated rings. The fraction of sp³-hybridized carbons (Fsp3) is 0.182. The van der Waals surface area contributed by atoms with Gasteiger partial charge in [-0.2, -0.15) is 5.10 Å². The minimum atomic E-state index is -0.312. The highest BCUT2D eigenvalue weighted by Crippen LogP contribution is 2.30. The molecular formula is C22H20FN5OS. The molecule has 0 aliphatic carbocycles. The molecule has 8 heteroatoms. The van der Waals surface area contributed by atoms with Crippen LogP contribution in [-0.2, 0) is 11.3 Å². The van der Waals surface area contributed by atoms with Crippen LogP contribution in [0.5, 0.6) is 0 Å². The zero-order chi connectivity index (χ0) is 20.9. The molecule has 0 radical (unpaired) electrons. The van der Waals surface area contributed by atoms with E-state index < -0.39 is 0 Å². The van der Waals surface area contributed by atoms with Crippen LogP contribution in [0.1, 0.15) is 18.9 Å². The lowest BCUT2D eigenvalue weighted by Gasteiger charge is -2.14. The van der Waals surface area contributed by atoms with Gasteiger partial charge in [-0.05, 0) is 36.2 Å². The van der Waals surface area contributed by atoms with Gasteiger partial charge < -0.3 is 5.32 Å². The molecule has 0 saturated carbocycles. The van der Waals surface area contributed by atoms with Crippen LogP contribution in [0.2, 0.25) is 0 Å². The van der Waals surface area contributed by atoms with Crippen LogP contribution in [0, 0.1) is 5.82 Å². The van der Waals surface area contributed by atoms with E-state index >= 15 is 0 Å². The maximum Gasteiger partial charge on any atom is 0.233 e. The maximum absolute atomic E-state index is 13.2. The molecule has 152 valence electrons. The van der Waals surface area contributed by atoms with Gasteiger partial charge in [-0.3, -0.25) is 4.79 Å². The van der Waals surface area contributed by atoms with Crippen molar-refractivity contribution in [1.29, 1.82) is 0 Å². The summed E-state index contributed by atoms with van der Waals surface area (Å²) >= 11 is 1.40. The second-order valence-electron chi connectivity index (χ2n) is 6.67. The van der Waals surface area contributed by atoms with Crippen LogP contribution in [0.4, 0.5) is 4.39 Å². The fourth-order valence-electron chi connectivity index (χ4n) is 3.04. The Labute approximate surface area is 177 Å². The Kier molecular flexibility index (Phi) is 6.04. The molecule has 2 aromatic heterocycles. The van der Waals surface area contributed by atoms with Crippen molar-refractivity contribution in [2.75, 3.05) is 0 Å². The molecule has 0 aliphatic heterocycles. The first-order valence-electron chi connectivity index (χ1n) is 9.58. The van der Waals surface area contributed by atoms with Gasteiger partial charge in [0.1, 0.15) is 17.2 Å². The van der Waals surface area contributed by atoms with Gasteiger partial charge in [-0.1, -0.05) is 49.0 Å². The van der Waals surface area contributed by atoms with Gasteiger partial charge in [-0.25, -0.2) is 19.0 Å². The summed E-state index contributed by atoms with van der Waals surface area (Å²) in [6.07, 6.45) is 3.79. The number of benzene rings is 2. The second-order valence-corrected chi connectivity index (χ2v) is 7.86. The minimum absolute atomic E-state index is 0.0379. The molecule has 4 rings (SSSR count). The lowest BCUT2D eigenvalue weighted by Crippen LogP contribution is -2.31. The number of hydrogen-bond acceptors (Lipinski definition) is 5. The van der Waals surface area contributed by atoms with Gasteiger partial charge in [0.25, 0.3) is 0 Å². The molecule has 2 heterocycles. The summed E-state index contributed by atoms with van der Waals surface area (Å²) in [5.74, 6) is -0.350. The molecule has 0 spiro atoms. The predicted molar refractivity (Wildman–Crippen MR) is 115 cm³/mol. The van der Waals surface area contributed by atoms with Gasteiger partial charge in [0.15, 0.2) is 5.65 Å². The van der Waals surface area contributed by atoms with Gasteiger partial charge in [0.05, 0.1) is 22.5 Å². The van der Waals surface area contributed by atoms with E-state index in [1.807, 2.05) is 37.3 Å². The molecule has 0 aliphatic rings. The smallest absolute Gasteiger partial charge is 0.233 e. The van der Waals surface area contributed by atoms with Gasteiger partial charge in [-0.15, -0.1) is 0 Å². The summed E-state index contributed by atoms with van der Waals surface area (Å²) in [6, 6.07) is 15.8. The Bertz CT molecular complexity index is 1150. The second kappa shape index (κ2) is 9.04. The summed E-state index contributed by atoms with van der Waals surface area (Å²) in [5.41, 5.74) is 2.36. The van der Waals surface area contributed by atoms with Crippen molar-refractivity contribution in [2.24, 2.45) is 0 Å². The SMILES string of the molecule is CCC(Sc1ncnc2c1cnn2-c1ccc(F)cc1)C(=O)NCc1ccccc1. The van der Waals surface area contributed by atoms with E-state index in [1.165, 1.54) is 30.2 Å². The highest BCUT2D eigenvalue weighted by atomic mass is 32.2. The lowest BCUT2D eigenvalue weighted by atomic mass is 10.2. The molecule has 1 amide bonds. The Balaban J connectivity index is 1.53. The molecule has 2 aromatic carbocycles. The topological polar surface area (TPSA) is 72.7 Å². The minimum Gasteiger partial charge on any atom is -0.351 e. The fourth-order valence-corrected chi connectivity index (χ4v) is 4.05. The molecule has 1 atom stereocenters. The monoisotopic (exact) mass is 421 g/mol. The number of hydrogen-bond donors (Lipinski definition) is 1. The first kappa shape index (κ1) is 20.0. The summed E-state index contributed by atoms with van der Waals surface area (Å²) in [5, 5.41) is 8.53. The van der Waals surface area contributed by atoms with E-state index in [-0.39, 0.29) is 17.0 Å². The van der Waals surface area contributed by atoms with Crippen molar-refractivity contribution in [3.8, 4) is 5.69 Å².